The Kier molecular flexibility index (Phi) is 3.83. The zero-order valence-electron chi connectivity index (χ0n) is 12.2. The molecule has 5 heteroatoms. The first kappa shape index (κ1) is 13.6. The van der Waals surface area contributed by atoms with E-state index in [0.717, 1.165) is 17.9 Å². The summed E-state index contributed by atoms with van der Waals surface area (Å²) < 4.78 is 2.00. The average Bonchev–Trinajstić information content (AvgIpc) is 3.17. The normalized spacial score (nSPS) is 12.5. The van der Waals surface area contributed by atoms with E-state index in [-0.39, 0.29) is 6.04 Å². The summed E-state index contributed by atoms with van der Waals surface area (Å²) in [6, 6.07) is 8.80. The lowest BCUT2D eigenvalue weighted by Gasteiger charge is -2.14. The molecule has 1 atom stereocenters. The first-order valence-corrected chi connectivity index (χ1v) is 7.04. The molecule has 0 aliphatic carbocycles. The SMILES string of the molecule is Cc1[nH]ncc1CNC(C)c1ccc(-n2ccnc2)cc1. The molecule has 0 radical (unpaired) electrons. The minimum atomic E-state index is 0.288. The molecule has 0 fully saturated rings. The maximum absolute atomic E-state index is 4.06. The second kappa shape index (κ2) is 5.93. The highest BCUT2D eigenvalue weighted by molar-refractivity contribution is 5.35. The van der Waals surface area contributed by atoms with Crippen LogP contribution in [0, 0.1) is 6.92 Å². The van der Waals surface area contributed by atoms with Crippen LogP contribution in [0.3, 0.4) is 0 Å². The Morgan fingerprint density at radius 3 is 2.71 bits per heavy atom. The number of rotatable bonds is 5. The van der Waals surface area contributed by atoms with E-state index < -0.39 is 0 Å². The van der Waals surface area contributed by atoms with Gasteiger partial charge in [-0.15, -0.1) is 0 Å². The molecule has 0 saturated carbocycles. The van der Waals surface area contributed by atoms with Crippen molar-refractivity contribution < 1.29 is 0 Å². The minimum Gasteiger partial charge on any atom is -0.306 e. The summed E-state index contributed by atoms with van der Waals surface area (Å²) in [6.45, 7) is 5.02. The smallest absolute Gasteiger partial charge is 0.0991 e. The molecule has 2 aromatic heterocycles. The molecule has 0 bridgehead atoms. The van der Waals surface area contributed by atoms with Gasteiger partial charge in [0.2, 0.25) is 0 Å². The Labute approximate surface area is 124 Å². The van der Waals surface area contributed by atoms with Crippen molar-refractivity contribution in [2.45, 2.75) is 26.4 Å². The lowest BCUT2D eigenvalue weighted by molar-refractivity contribution is 0.573. The number of nitrogens with one attached hydrogen (secondary N) is 2. The summed E-state index contributed by atoms with van der Waals surface area (Å²) in [5.41, 5.74) is 4.70. The summed E-state index contributed by atoms with van der Waals surface area (Å²) in [5, 5.41) is 10.5. The van der Waals surface area contributed by atoms with Gasteiger partial charge in [-0.3, -0.25) is 5.10 Å². The predicted octanol–water partition coefficient (Wildman–Crippen LogP) is 2.75. The first-order valence-electron chi connectivity index (χ1n) is 7.04. The van der Waals surface area contributed by atoms with E-state index in [9.17, 15) is 0 Å². The molecule has 21 heavy (non-hydrogen) atoms. The Balaban J connectivity index is 1.65. The predicted molar refractivity (Wildman–Crippen MR) is 82.1 cm³/mol. The Hall–Kier alpha value is -2.40. The van der Waals surface area contributed by atoms with Gasteiger partial charge in [-0.25, -0.2) is 4.98 Å². The van der Waals surface area contributed by atoms with Crippen molar-refractivity contribution in [3.8, 4) is 5.69 Å². The molecule has 0 saturated heterocycles. The van der Waals surface area contributed by atoms with Crippen molar-refractivity contribution in [3.05, 3.63) is 66.0 Å². The van der Waals surface area contributed by atoms with Crippen LogP contribution in [0.4, 0.5) is 0 Å². The van der Waals surface area contributed by atoms with E-state index >= 15 is 0 Å². The molecule has 1 unspecified atom stereocenters. The fourth-order valence-corrected chi connectivity index (χ4v) is 2.28. The van der Waals surface area contributed by atoms with Crippen LogP contribution >= 0.6 is 0 Å². The maximum atomic E-state index is 4.06. The van der Waals surface area contributed by atoms with Crippen molar-refractivity contribution in [2.75, 3.05) is 0 Å². The molecule has 0 spiro atoms. The summed E-state index contributed by atoms with van der Waals surface area (Å²) in [7, 11) is 0. The van der Waals surface area contributed by atoms with Gasteiger partial charge in [-0.2, -0.15) is 5.10 Å². The number of imidazole rings is 1. The molecule has 2 heterocycles. The molecular formula is C16H19N5. The quantitative estimate of drug-likeness (QED) is 0.756. The van der Waals surface area contributed by atoms with Crippen molar-refractivity contribution in [3.63, 3.8) is 0 Å². The van der Waals surface area contributed by atoms with Gasteiger partial charge in [0.1, 0.15) is 0 Å². The van der Waals surface area contributed by atoms with Crippen LogP contribution in [-0.4, -0.2) is 19.7 Å². The Morgan fingerprint density at radius 2 is 2.10 bits per heavy atom. The van der Waals surface area contributed by atoms with Gasteiger partial charge >= 0.3 is 0 Å². The number of aromatic amines is 1. The van der Waals surface area contributed by atoms with E-state index in [2.05, 4.69) is 51.7 Å². The van der Waals surface area contributed by atoms with Crippen LogP contribution < -0.4 is 5.32 Å². The second-order valence-corrected chi connectivity index (χ2v) is 5.18. The zero-order valence-corrected chi connectivity index (χ0v) is 12.2. The minimum absolute atomic E-state index is 0.288. The number of aromatic nitrogens is 4. The third-order valence-corrected chi connectivity index (χ3v) is 3.73. The lowest BCUT2D eigenvalue weighted by Crippen LogP contribution is -2.18. The molecule has 0 aliphatic heterocycles. The molecule has 3 aromatic rings. The highest BCUT2D eigenvalue weighted by Crippen LogP contribution is 2.16. The van der Waals surface area contributed by atoms with Crippen LogP contribution in [0.5, 0.6) is 0 Å². The van der Waals surface area contributed by atoms with Crippen LogP contribution in [0.1, 0.15) is 29.8 Å². The zero-order chi connectivity index (χ0) is 14.7. The topological polar surface area (TPSA) is 58.5 Å². The van der Waals surface area contributed by atoms with Crippen molar-refractivity contribution in [1.29, 1.82) is 0 Å². The number of nitrogens with zero attached hydrogens (tertiary/aromatic N) is 3. The van der Waals surface area contributed by atoms with Gasteiger partial charge in [0.25, 0.3) is 0 Å². The van der Waals surface area contributed by atoms with Gasteiger partial charge in [-0.1, -0.05) is 12.1 Å². The third kappa shape index (κ3) is 3.03. The van der Waals surface area contributed by atoms with Gasteiger partial charge in [0, 0.05) is 41.9 Å². The van der Waals surface area contributed by atoms with Gasteiger partial charge < -0.3 is 9.88 Å². The summed E-state index contributed by atoms with van der Waals surface area (Å²) >= 11 is 0. The highest BCUT2D eigenvalue weighted by Gasteiger charge is 2.07. The van der Waals surface area contributed by atoms with Crippen molar-refractivity contribution >= 4 is 0 Å². The van der Waals surface area contributed by atoms with Gasteiger partial charge in [0.15, 0.2) is 0 Å². The van der Waals surface area contributed by atoms with Crippen LogP contribution in [-0.2, 0) is 6.54 Å². The van der Waals surface area contributed by atoms with E-state index in [1.54, 1.807) is 12.5 Å². The standard InChI is InChI=1S/C16H19N5/c1-12(18-9-15-10-19-20-13(15)2)14-3-5-16(6-4-14)21-8-7-17-11-21/h3-8,10-12,18H,9H2,1-2H3,(H,19,20). The molecule has 108 valence electrons. The van der Waals surface area contributed by atoms with E-state index in [1.165, 1.54) is 11.1 Å². The van der Waals surface area contributed by atoms with Crippen LogP contribution in [0.25, 0.3) is 5.69 Å². The molecule has 0 aliphatic rings. The Morgan fingerprint density at radius 1 is 1.29 bits per heavy atom. The summed E-state index contributed by atoms with van der Waals surface area (Å²) in [6.07, 6.45) is 7.40. The first-order chi connectivity index (χ1) is 10.2. The van der Waals surface area contributed by atoms with E-state index in [4.69, 9.17) is 0 Å². The molecular weight excluding hydrogens is 262 g/mol. The number of hydrogen-bond acceptors (Lipinski definition) is 3. The second-order valence-electron chi connectivity index (χ2n) is 5.18. The summed E-state index contributed by atoms with van der Waals surface area (Å²) in [5.74, 6) is 0. The number of hydrogen-bond donors (Lipinski definition) is 2. The lowest BCUT2D eigenvalue weighted by atomic mass is 10.1. The average molecular weight is 281 g/mol. The number of H-pyrrole nitrogens is 1. The fourth-order valence-electron chi connectivity index (χ4n) is 2.28. The molecule has 3 rings (SSSR count). The van der Waals surface area contributed by atoms with Crippen LogP contribution in [0.15, 0.2) is 49.2 Å². The number of aryl methyl sites for hydroxylation is 1. The van der Waals surface area contributed by atoms with Crippen molar-refractivity contribution in [2.24, 2.45) is 0 Å². The molecule has 2 N–H and O–H groups in total. The molecule has 0 amide bonds. The highest BCUT2D eigenvalue weighted by atomic mass is 15.1. The van der Waals surface area contributed by atoms with Gasteiger partial charge in [0.05, 0.1) is 12.5 Å². The third-order valence-electron chi connectivity index (χ3n) is 3.73. The number of benzene rings is 1. The van der Waals surface area contributed by atoms with Crippen LogP contribution in [0.2, 0.25) is 0 Å². The van der Waals surface area contributed by atoms with Crippen molar-refractivity contribution in [1.82, 2.24) is 25.1 Å². The largest absolute Gasteiger partial charge is 0.306 e. The molecule has 1 aromatic carbocycles. The van der Waals surface area contributed by atoms with Gasteiger partial charge in [-0.05, 0) is 31.5 Å². The fraction of sp³-hybridized carbons (Fsp3) is 0.250. The summed E-state index contributed by atoms with van der Waals surface area (Å²) in [4.78, 5) is 4.06. The maximum Gasteiger partial charge on any atom is 0.0991 e. The monoisotopic (exact) mass is 281 g/mol. The Bertz CT molecular complexity index is 682. The molecule has 5 nitrogen and oxygen atoms in total. The van der Waals surface area contributed by atoms with E-state index in [1.807, 2.05) is 23.9 Å². The van der Waals surface area contributed by atoms with E-state index in [0.29, 0.717) is 0 Å².